The number of nitrogens with zero attached hydrogens (tertiary/aromatic N) is 1. The van der Waals surface area contributed by atoms with Crippen molar-refractivity contribution in [3.63, 3.8) is 0 Å². The maximum Gasteiger partial charge on any atom is 0.228 e. The van der Waals surface area contributed by atoms with Gasteiger partial charge in [-0.1, -0.05) is 108 Å². The lowest BCUT2D eigenvalue weighted by Crippen LogP contribution is -3.00. The Labute approximate surface area is 258 Å². The number of rotatable bonds is 20. The number of aromatic nitrogens is 1. The fourth-order valence-electron chi connectivity index (χ4n) is 4.96. The lowest BCUT2D eigenvalue weighted by Gasteiger charge is -2.15. The van der Waals surface area contributed by atoms with Crippen LogP contribution in [0.5, 0.6) is 11.5 Å². The summed E-state index contributed by atoms with van der Waals surface area (Å²) in [7, 11) is 1.64. The molecule has 3 rings (SSSR count). The number of para-hydroxylation sites is 1. The van der Waals surface area contributed by atoms with Crippen LogP contribution in [-0.4, -0.2) is 19.6 Å². The maximum absolute atomic E-state index is 12.9. The number of carbonyl (C=O) groups is 1. The lowest BCUT2D eigenvalue weighted by molar-refractivity contribution is -0.688. The number of pyridine rings is 1. The lowest BCUT2D eigenvalue weighted by atomic mass is 10.1. The Morgan fingerprint density at radius 3 is 1.98 bits per heavy atom. The second kappa shape index (κ2) is 20.9. The number of hydrogen-bond donors (Lipinski definition) is 1. The number of nitrogens with one attached hydrogen (secondary N) is 1. The maximum atomic E-state index is 12.9. The smallest absolute Gasteiger partial charge is 0.228 e. The van der Waals surface area contributed by atoms with Crippen LogP contribution in [-0.2, 0) is 17.8 Å². The third-order valence-electron chi connectivity index (χ3n) is 7.26. The highest BCUT2D eigenvalue weighted by atomic mass is 79.9. The van der Waals surface area contributed by atoms with Crippen molar-refractivity contribution in [2.24, 2.45) is 0 Å². The van der Waals surface area contributed by atoms with E-state index in [-0.39, 0.29) is 29.3 Å². The number of unbranched alkanes of at least 4 members (excludes halogenated alkanes) is 11. The second-order valence-corrected chi connectivity index (χ2v) is 10.7. The highest BCUT2D eigenvalue weighted by Crippen LogP contribution is 2.32. The van der Waals surface area contributed by atoms with Gasteiger partial charge in [-0.05, 0) is 24.6 Å². The van der Waals surface area contributed by atoms with Crippen LogP contribution in [0.3, 0.4) is 0 Å². The van der Waals surface area contributed by atoms with Gasteiger partial charge in [-0.25, -0.2) is 4.57 Å². The van der Waals surface area contributed by atoms with Crippen LogP contribution >= 0.6 is 0 Å². The molecule has 2 aromatic carbocycles. The number of carbonyl (C=O) groups excluding carboxylic acids is 1. The van der Waals surface area contributed by atoms with Gasteiger partial charge in [-0.15, -0.1) is 0 Å². The summed E-state index contributed by atoms with van der Waals surface area (Å²) in [5.74, 6) is 1.28. The fraction of sp³-hybridized carbons (Fsp3) is 0.486. The van der Waals surface area contributed by atoms with Gasteiger partial charge in [-0.2, -0.15) is 0 Å². The monoisotopic (exact) mass is 624 g/mol. The number of benzene rings is 2. The van der Waals surface area contributed by atoms with Crippen LogP contribution in [0.15, 0.2) is 73.1 Å². The van der Waals surface area contributed by atoms with Gasteiger partial charge < -0.3 is 31.8 Å². The van der Waals surface area contributed by atoms with E-state index in [2.05, 4.69) is 16.8 Å². The SMILES string of the molecule is CCCCCCCCCCCCCCOc1c(CC(=O)Nc2ccc(C[n+]3ccccc3)cc2)cccc1OC.[Br-]. The molecule has 0 aliphatic heterocycles. The number of ether oxygens (including phenoxy) is 2. The molecule has 1 heterocycles. The molecule has 6 heteroatoms. The predicted molar refractivity (Wildman–Crippen MR) is 164 cm³/mol. The Bertz CT molecular complexity index is 1110. The number of amides is 1. The first kappa shape index (κ1) is 34.3. The minimum absolute atomic E-state index is 0. The predicted octanol–water partition coefficient (Wildman–Crippen LogP) is 5.30. The van der Waals surface area contributed by atoms with Crippen molar-refractivity contribution in [1.82, 2.24) is 0 Å². The number of halogens is 1. The second-order valence-electron chi connectivity index (χ2n) is 10.7. The van der Waals surface area contributed by atoms with Crippen molar-refractivity contribution in [2.45, 2.75) is 96.9 Å². The van der Waals surface area contributed by atoms with Crippen LogP contribution < -0.4 is 36.3 Å². The van der Waals surface area contributed by atoms with E-state index in [1.165, 1.54) is 76.2 Å². The molecule has 0 unspecified atom stereocenters. The van der Waals surface area contributed by atoms with E-state index in [4.69, 9.17) is 9.47 Å². The summed E-state index contributed by atoms with van der Waals surface area (Å²) in [6, 6.07) is 19.8. The van der Waals surface area contributed by atoms with Crippen molar-refractivity contribution >= 4 is 11.6 Å². The summed E-state index contributed by atoms with van der Waals surface area (Å²) >= 11 is 0. The topological polar surface area (TPSA) is 51.4 Å². The molecule has 0 atom stereocenters. The summed E-state index contributed by atoms with van der Waals surface area (Å²) in [4.78, 5) is 12.9. The molecule has 1 aromatic heterocycles. The first-order chi connectivity index (χ1) is 19.7. The Kier molecular flexibility index (Phi) is 17.5. The van der Waals surface area contributed by atoms with Crippen LogP contribution in [0.25, 0.3) is 0 Å². The molecule has 0 spiro atoms. The van der Waals surface area contributed by atoms with Gasteiger partial charge in [0.15, 0.2) is 30.4 Å². The third kappa shape index (κ3) is 13.6. The largest absolute Gasteiger partial charge is 1.00 e. The molecule has 224 valence electrons. The molecule has 0 aliphatic carbocycles. The van der Waals surface area contributed by atoms with Crippen molar-refractivity contribution < 1.29 is 35.8 Å². The summed E-state index contributed by atoms with van der Waals surface area (Å²) in [6.07, 6.45) is 20.0. The minimum atomic E-state index is -0.0753. The summed E-state index contributed by atoms with van der Waals surface area (Å²) in [5, 5.41) is 3.02. The molecule has 41 heavy (non-hydrogen) atoms. The van der Waals surface area contributed by atoms with Gasteiger partial charge in [0.05, 0.1) is 20.1 Å². The highest BCUT2D eigenvalue weighted by molar-refractivity contribution is 5.92. The quantitative estimate of drug-likeness (QED) is 0.137. The number of hydrogen-bond acceptors (Lipinski definition) is 3. The standard InChI is InChI=1S/C35H48N2O3.BrH/c1-3-4-5-6-7-8-9-10-11-12-13-17-27-40-35-31(19-18-20-33(35)39-2)28-34(38)36-32-23-21-30(22-24-32)29-37-25-15-14-16-26-37;/h14-16,18-26H,3-13,17,27-29H2,1-2H3;1H. The molecular weight excluding hydrogens is 576 g/mol. The van der Waals surface area contributed by atoms with Gasteiger partial charge >= 0.3 is 0 Å². The van der Waals surface area contributed by atoms with E-state index in [1.807, 2.05) is 73.1 Å². The van der Waals surface area contributed by atoms with Crippen LogP contribution in [0.2, 0.25) is 0 Å². The molecule has 0 fully saturated rings. The summed E-state index contributed by atoms with van der Waals surface area (Å²) in [5.41, 5.74) is 2.80. The Balaban J connectivity index is 0.00000588. The van der Waals surface area contributed by atoms with Crippen molar-refractivity contribution in [3.05, 3.63) is 84.2 Å². The van der Waals surface area contributed by atoms with Crippen LogP contribution in [0, 0.1) is 0 Å². The van der Waals surface area contributed by atoms with E-state index in [1.54, 1.807) is 7.11 Å². The minimum Gasteiger partial charge on any atom is -1.00 e. The Hall–Kier alpha value is -2.86. The van der Waals surface area contributed by atoms with Crippen molar-refractivity contribution in [3.8, 4) is 11.5 Å². The van der Waals surface area contributed by atoms with Crippen molar-refractivity contribution in [1.29, 1.82) is 0 Å². The van der Waals surface area contributed by atoms with E-state index in [0.29, 0.717) is 18.1 Å². The van der Waals surface area contributed by atoms with E-state index >= 15 is 0 Å². The van der Waals surface area contributed by atoms with Crippen LogP contribution in [0.1, 0.15) is 95.1 Å². The van der Waals surface area contributed by atoms with E-state index in [9.17, 15) is 4.79 Å². The van der Waals surface area contributed by atoms with E-state index in [0.717, 1.165) is 24.2 Å². The van der Waals surface area contributed by atoms with Gasteiger partial charge in [0.2, 0.25) is 5.91 Å². The molecular formula is C35H49BrN2O3. The highest BCUT2D eigenvalue weighted by Gasteiger charge is 2.14. The van der Waals surface area contributed by atoms with Gasteiger partial charge in [0.1, 0.15) is 0 Å². The van der Waals surface area contributed by atoms with Crippen LogP contribution in [0.4, 0.5) is 5.69 Å². The first-order valence-electron chi connectivity index (χ1n) is 15.3. The Morgan fingerprint density at radius 2 is 1.37 bits per heavy atom. The molecule has 0 radical (unpaired) electrons. The number of methoxy groups -OCH3 is 1. The number of anilines is 1. The molecule has 0 saturated heterocycles. The Morgan fingerprint density at radius 1 is 0.756 bits per heavy atom. The molecule has 5 nitrogen and oxygen atoms in total. The normalized spacial score (nSPS) is 10.6. The zero-order valence-electron chi connectivity index (χ0n) is 25.1. The van der Waals surface area contributed by atoms with E-state index < -0.39 is 0 Å². The summed E-state index contributed by atoms with van der Waals surface area (Å²) in [6.45, 7) is 3.69. The van der Waals surface area contributed by atoms with Crippen molar-refractivity contribution in [2.75, 3.05) is 19.0 Å². The summed E-state index contributed by atoms with van der Waals surface area (Å²) < 4.78 is 13.8. The molecule has 3 aromatic rings. The molecule has 0 bridgehead atoms. The van der Waals surface area contributed by atoms with Gasteiger partial charge in [0, 0.05) is 28.9 Å². The fourth-order valence-corrected chi connectivity index (χ4v) is 4.96. The molecule has 1 N–H and O–H groups in total. The van der Waals surface area contributed by atoms with Gasteiger partial charge in [0.25, 0.3) is 0 Å². The third-order valence-corrected chi connectivity index (χ3v) is 7.26. The molecule has 0 aliphatic rings. The zero-order valence-corrected chi connectivity index (χ0v) is 26.7. The average Bonchev–Trinajstić information content (AvgIpc) is 2.97. The molecule has 0 saturated carbocycles. The first-order valence-corrected chi connectivity index (χ1v) is 15.3. The molecule has 1 amide bonds. The average molecular weight is 626 g/mol. The van der Waals surface area contributed by atoms with Gasteiger partial charge in [-0.3, -0.25) is 4.79 Å². The zero-order chi connectivity index (χ0) is 28.3.